The fraction of sp³-hybridized carbons (Fsp3) is 0.250. The molecule has 2 aromatic carbocycles. The van der Waals surface area contributed by atoms with E-state index in [4.69, 9.17) is 16.7 Å². The maximum absolute atomic E-state index is 8.90. The molecule has 20 heavy (non-hydrogen) atoms. The van der Waals surface area contributed by atoms with Crippen molar-refractivity contribution in [1.29, 1.82) is 0 Å². The third-order valence-corrected chi connectivity index (χ3v) is 4.45. The molecule has 0 aliphatic heterocycles. The van der Waals surface area contributed by atoms with Crippen LogP contribution < -0.4 is 0 Å². The summed E-state index contributed by atoms with van der Waals surface area (Å²) >= 11 is 9.76. The molecule has 4 heteroatoms. The number of aliphatic hydroxyl groups is 1. The molecule has 0 aliphatic rings. The number of hydrogen-bond acceptors (Lipinski definition) is 2. The number of halogens is 2. The van der Waals surface area contributed by atoms with Gasteiger partial charge in [-0.25, -0.2) is 0 Å². The lowest BCUT2D eigenvalue weighted by Crippen LogP contribution is -2.21. The van der Waals surface area contributed by atoms with Crippen molar-refractivity contribution >= 4 is 27.5 Å². The first-order valence-corrected chi connectivity index (χ1v) is 7.61. The highest BCUT2D eigenvalue weighted by Crippen LogP contribution is 2.33. The minimum absolute atomic E-state index is 0.183. The van der Waals surface area contributed by atoms with Crippen LogP contribution in [0.25, 0.3) is 11.1 Å². The second-order valence-corrected chi connectivity index (χ2v) is 5.99. The summed E-state index contributed by atoms with van der Waals surface area (Å²) in [6.45, 7) is 1.69. The molecule has 2 aromatic rings. The van der Waals surface area contributed by atoms with E-state index in [1.54, 1.807) is 0 Å². The first-order chi connectivity index (χ1) is 9.61. The van der Waals surface area contributed by atoms with E-state index in [0.717, 1.165) is 27.2 Å². The molecule has 0 heterocycles. The van der Waals surface area contributed by atoms with Crippen LogP contribution in [-0.4, -0.2) is 30.2 Å². The average molecular weight is 355 g/mol. The molecule has 0 radical (unpaired) electrons. The summed E-state index contributed by atoms with van der Waals surface area (Å²) in [6, 6.07) is 14.3. The van der Waals surface area contributed by atoms with Gasteiger partial charge in [-0.05, 0) is 40.2 Å². The Labute approximate surface area is 133 Å². The average Bonchev–Trinajstić information content (AvgIpc) is 2.43. The maximum atomic E-state index is 8.90. The van der Waals surface area contributed by atoms with Crippen molar-refractivity contribution < 1.29 is 5.11 Å². The number of likely N-dealkylation sites (N-methyl/N-ethyl adjacent to an activating group) is 1. The fourth-order valence-electron chi connectivity index (χ4n) is 2.08. The number of aliphatic hydroxyl groups excluding tert-OH is 1. The van der Waals surface area contributed by atoms with E-state index in [1.807, 2.05) is 25.2 Å². The predicted octanol–water partition coefficient (Wildman–Crippen LogP) is 4.19. The van der Waals surface area contributed by atoms with E-state index in [2.05, 4.69) is 45.1 Å². The quantitative estimate of drug-likeness (QED) is 0.870. The largest absolute Gasteiger partial charge is 0.395 e. The first kappa shape index (κ1) is 15.5. The lowest BCUT2D eigenvalue weighted by molar-refractivity contribution is 0.217. The van der Waals surface area contributed by atoms with Crippen LogP contribution in [-0.2, 0) is 6.54 Å². The maximum Gasteiger partial charge on any atom is 0.0626 e. The van der Waals surface area contributed by atoms with Gasteiger partial charge in [-0.1, -0.05) is 48.0 Å². The monoisotopic (exact) mass is 353 g/mol. The first-order valence-electron chi connectivity index (χ1n) is 6.44. The minimum atomic E-state index is 0.183. The van der Waals surface area contributed by atoms with E-state index in [0.29, 0.717) is 6.54 Å². The SMILES string of the molecule is CN(CCO)Cc1ccc(-c2cccc(Br)c2Cl)cc1. The van der Waals surface area contributed by atoms with Crippen molar-refractivity contribution in [1.82, 2.24) is 4.90 Å². The normalized spacial score (nSPS) is 11.1. The second kappa shape index (κ2) is 7.23. The van der Waals surface area contributed by atoms with Gasteiger partial charge < -0.3 is 5.11 Å². The smallest absolute Gasteiger partial charge is 0.0626 e. The lowest BCUT2D eigenvalue weighted by Gasteiger charge is -2.15. The van der Waals surface area contributed by atoms with Gasteiger partial charge in [0.15, 0.2) is 0 Å². The molecule has 2 rings (SSSR count). The minimum Gasteiger partial charge on any atom is -0.395 e. The van der Waals surface area contributed by atoms with Gasteiger partial charge in [0.1, 0.15) is 0 Å². The number of rotatable bonds is 5. The highest BCUT2D eigenvalue weighted by molar-refractivity contribution is 9.10. The molecule has 1 N–H and O–H groups in total. The van der Waals surface area contributed by atoms with Crippen LogP contribution in [0.15, 0.2) is 46.9 Å². The van der Waals surface area contributed by atoms with Crippen LogP contribution in [0.3, 0.4) is 0 Å². The number of benzene rings is 2. The van der Waals surface area contributed by atoms with Crippen molar-refractivity contribution in [3.05, 3.63) is 57.5 Å². The summed E-state index contributed by atoms with van der Waals surface area (Å²) in [5, 5.41) is 9.64. The van der Waals surface area contributed by atoms with Crippen LogP contribution in [0.1, 0.15) is 5.56 Å². The fourth-order valence-corrected chi connectivity index (χ4v) is 2.68. The summed E-state index contributed by atoms with van der Waals surface area (Å²) in [7, 11) is 2.00. The van der Waals surface area contributed by atoms with Gasteiger partial charge in [-0.2, -0.15) is 0 Å². The van der Waals surface area contributed by atoms with Crippen LogP contribution >= 0.6 is 27.5 Å². The molecule has 0 spiro atoms. The Kier molecular flexibility index (Phi) is 5.61. The zero-order valence-corrected chi connectivity index (χ0v) is 13.7. The molecule has 0 unspecified atom stereocenters. The summed E-state index contributed by atoms with van der Waals surface area (Å²) < 4.78 is 0.906. The van der Waals surface area contributed by atoms with E-state index in [1.165, 1.54) is 5.56 Å². The van der Waals surface area contributed by atoms with Gasteiger partial charge in [-0.3, -0.25) is 4.90 Å². The zero-order chi connectivity index (χ0) is 14.5. The topological polar surface area (TPSA) is 23.5 Å². The van der Waals surface area contributed by atoms with E-state index < -0.39 is 0 Å². The van der Waals surface area contributed by atoms with Crippen LogP contribution in [0.2, 0.25) is 5.02 Å². The molecular weight excluding hydrogens is 338 g/mol. The molecule has 0 bridgehead atoms. The molecule has 2 nitrogen and oxygen atoms in total. The van der Waals surface area contributed by atoms with Crippen LogP contribution in [0, 0.1) is 0 Å². The van der Waals surface area contributed by atoms with Crippen molar-refractivity contribution in [2.45, 2.75) is 6.54 Å². The van der Waals surface area contributed by atoms with E-state index in [-0.39, 0.29) is 6.61 Å². The van der Waals surface area contributed by atoms with Crippen LogP contribution in [0.5, 0.6) is 0 Å². The number of nitrogens with zero attached hydrogens (tertiary/aromatic N) is 1. The highest BCUT2D eigenvalue weighted by atomic mass is 79.9. The Balaban J connectivity index is 2.18. The van der Waals surface area contributed by atoms with Gasteiger partial charge in [0, 0.05) is 23.1 Å². The van der Waals surface area contributed by atoms with Crippen molar-refractivity contribution in [3.8, 4) is 11.1 Å². The van der Waals surface area contributed by atoms with Gasteiger partial charge >= 0.3 is 0 Å². The summed E-state index contributed by atoms with van der Waals surface area (Å²) in [6.07, 6.45) is 0. The van der Waals surface area contributed by atoms with Gasteiger partial charge in [-0.15, -0.1) is 0 Å². The molecule has 0 saturated heterocycles. The Bertz CT molecular complexity index is 571. The third-order valence-electron chi connectivity index (χ3n) is 3.15. The summed E-state index contributed by atoms with van der Waals surface area (Å²) in [4.78, 5) is 2.08. The van der Waals surface area contributed by atoms with Crippen molar-refractivity contribution in [2.75, 3.05) is 20.2 Å². The molecule has 0 fully saturated rings. The second-order valence-electron chi connectivity index (χ2n) is 4.76. The van der Waals surface area contributed by atoms with E-state index >= 15 is 0 Å². The molecule has 0 saturated carbocycles. The molecule has 0 atom stereocenters. The molecule has 0 aliphatic carbocycles. The van der Waals surface area contributed by atoms with Gasteiger partial charge in [0.25, 0.3) is 0 Å². The molecule has 0 amide bonds. The van der Waals surface area contributed by atoms with Crippen molar-refractivity contribution in [2.24, 2.45) is 0 Å². The predicted molar refractivity (Wildman–Crippen MR) is 88.0 cm³/mol. The molecule has 0 aromatic heterocycles. The Morgan fingerprint density at radius 3 is 2.50 bits per heavy atom. The Morgan fingerprint density at radius 1 is 1.15 bits per heavy atom. The number of hydrogen-bond donors (Lipinski definition) is 1. The lowest BCUT2D eigenvalue weighted by atomic mass is 10.0. The summed E-state index contributed by atoms with van der Waals surface area (Å²) in [5.41, 5.74) is 3.34. The highest BCUT2D eigenvalue weighted by Gasteiger charge is 2.06. The van der Waals surface area contributed by atoms with Crippen molar-refractivity contribution in [3.63, 3.8) is 0 Å². The summed E-state index contributed by atoms with van der Waals surface area (Å²) in [5.74, 6) is 0. The standard InChI is InChI=1S/C16H17BrClNO/c1-19(9-10-20)11-12-5-7-13(8-6-12)14-3-2-4-15(17)16(14)18/h2-8,20H,9-11H2,1H3. The zero-order valence-electron chi connectivity index (χ0n) is 11.3. The Hall–Kier alpha value is -0.870. The van der Waals surface area contributed by atoms with Gasteiger partial charge in [0.05, 0.1) is 11.6 Å². The molecule has 106 valence electrons. The molecular formula is C16H17BrClNO. The third kappa shape index (κ3) is 3.83. The van der Waals surface area contributed by atoms with E-state index in [9.17, 15) is 0 Å². The van der Waals surface area contributed by atoms with Crippen LogP contribution in [0.4, 0.5) is 0 Å². The Morgan fingerprint density at radius 2 is 1.85 bits per heavy atom. The van der Waals surface area contributed by atoms with Gasteiger partial charge in [0.2, 0.25) is 0 Å².